The molecule has 1 atom stereocenters. The van der Waals surface area contributed by atoms with Gasteiger partial charge in [-0.25, -0.2) is 14.2 Å². The molecule has 21 heavy (non-hydrogen) atoms. The minimum Gasteiger partial charge on any atom is -0.486 e. The molecule has 2 heterocycles. The Labute approximate surface area is 124 Å². The second-order valence-electron chi connectivity index (χ2n) is 4.57. The summed E-state index contributed by atoms with van der Waals surface area (Å²) in [7, 11) is 0. The molecule has 2 aromatic rings. The average Bonchev–Trinajstić information content (AvgIpc) is 3.11. The summed E-state index contributed by atoms with van der Waals surface area (Å²) in [5, 5.41) is 1.83. The van der Waals surface area contributed by atoms with E-state index >= 15 is 0 Å². The van der Waals surface area contributed by atoms with Gasteiger partial charge in [-0.05, 0) is 24.3 Å². The predicted octanol–water partition coefficient (Wildman–Crippen LogP) is 2.84. The first kappa shape index (κ1) is 13.8. The first-order chi connectivity index (χ1) is 10.2. The summed E-state index contributed by atoms with van der Waals surface area (Å²) in [6.45, 7) is 0.135. The minimum absolute atomic E-state index is 0.135. The van der Waals surface area contributed by atoms with Crippen LogP contribution >= 0.6 is 11.3 Å². The summed E-state index contributed by atoms with van der Waals surface area (Å²) in [6.07, 6.45) is 3.20. The van der Waals surface area contributed by atoms with Crippen LogP contribution in [0.25, 0.3) is 6.08 Å². The molecular weight excluding hydrogens is 293 g/mol. The van der Waals surface area contributed by atoms with Gasteiger partial charge in [0.05, 0.1) is 11.2 Å². The van der Waals surface area contributed by atoms with Gasteiger partial charge in [-0.3, -0.25) is 0 Å². The zero-order valence-corrected chi connectivity index (χ0v) is 11.8. The molecule has 108 valence electrons. The van der Waals surface area contributed by atoms with Crippen molar-refractivity contribution >= 4 is 23.4 Å². The summed E-state index contributed by atoms with van der Waals surface area (Å²) >= 11 is 1.45. The van der Waals surface area contributed by atoms with E-state index in [1.54, 1.807) is 17.7 Å². The highest BCUT2D eigenvalue weighted by atomic mass is 32.1. The van der Waals surface area contributed by atoms with Gasteiger partial charge in [-0.15, -0.1) is 11.3 Å². The fraction of sp³-hybridized carbons (Fsp3) is 0.200. The van der Waals surface area contributed by atoms with E-state index in [-0.39, 0.29) is 18.5 Å². The standard InChI is InChI=1S/C15H12FNO3S/c16-11-1-3-14-10(5-11)6-13(20-14)7-19-15(18)4-2-12-8-21-9-17-12/h1-5,8-9,13H,6-7H2. The lowest BCUT2D eigenvalue weighted by molar-refractivity contribution is -0.139. The summed E-state index contributed by atoms with van der Waals surface area (Å²) in [5.41, 5.74) is 3.21. The molecular formula is C15H12FNO3S. The first-order valence-corrected chi connectivity index (χ1v) is 7.33. The Morgan fingerprint density at radius 2 is 2.48 bits per heavy atom. The predicted molar refractivity (Wildman–Crippen MR) is 76.6 cm³/mol. The monoisotopic (exact) mass is 305 g/mol. The molecule has 4 nitrogen and oxygen atoms in total. The molecule has 0 bridgehead atoms. The van der Waals surface area contributed by atoms with E-state index in [0.29, 0.717) is 12.2 Å². The van der Waals surface area contributed by atoms with E-state index < -0.39 is 5.97 Å². The number of fused-ring (bicyclic) bond motifs is 1. The maximum atomic E-state index is 13.1. The number of aromatic nitrogens is 1. The molecule has 3 rings (SSSR count). The third kappa shape index (κ3) is 3.46. The van der Waals surface area contributed by atoms with E-state index in [0.717, 1.165) is 11.3 Å². The maximum Gasteiger partial charge on any atom is 0.330 e. The maximum absolute atomic E-state index is 13.1. The molecule has 0 saturated heterocycles. The van der Waals surface area contributed by atoms with Gasteiger partial charge in [0, 0.05) is 23.4 Å². The molecule has 0 N–H and O–H groups in total. The number of rotatable bonds is 4. The van der Waals surface area contributed by atoms with Crippen molar-refractivity contribution in [3.05, 3.63) is 52.2 Å². The van der Waals surface area contributed by atoms with Gasteiger partial charge in [0.2, 0.25) is 0 Å². The highest BCUT2D eigenvalue weighted by Gasteiger charge is 2.24. The summed E-state index contributed by atoms with van der Waals surface area (Å²) in [6, 6.07) is 4.39. The number of esters is 1. The number of benzene rings is 1. The zero-order valence-electron chi connectivity index (χ0n) is 11.0. The quantitative estimate of drug-likeness (QED) is 0.644. The number of thiazole rings is 1. The highest BCUT2D eigenvalue weighted by molar-refractivity contribution is 7.07. The number of nitrogens with zero attached hydrogens (tertiary/aromatic N) is 1. The summed E-state index contributed by atoms with van der Waals surface area (Å²) < 4.78 is 23.8. The molecule has 1 aromatic heterocycles. The Kier molecular flexibility index (Phi) is 3.96. The summed E-state index contributed by atoms with van der Waals surface area (Å²) in [4.78, 5) is 15.6. The van der Waals surface area contributed by atoms with E-state index in [2.05, 4.69) is 4.98 Å². The molecule has 0 radical (unpaired) electrons. The molecule has 0 spiro atoms. The van der Waals surface area contributed by atoms with Crippen molar-refractivity contribution in [2.75, 3.05) is 6.61 Å². The SMILES string of the molecule is O=C(C=Cc1cscn1)OCC1Cc2cc(F)ccc2O1. The zero-order chi connectivity index (χ0) is 14.7. The van der Waals surface area contributed by atoms with Crippen molar-refractivity contribution in [2.24, 2.45) is 0 Å². The van der Waals surface area contributed by atoms with Crippen LogP contribution in [0.1, 0.15) is 11.3 Å². The lowest BCUT2D eigenvalue weighted by Gasteiger charge is -2.09. The highest BCUT2D eigenvalue weighted by Crippen LogP contribution is 2.29. The van der Waals surface area contributed by atoms with Gasteiger partial charge in [-0.1, -0.05) is 0 Å². The number of hydrogen-bond acceptors (Lipinski definition) is 5. The number of halogens is 1. The smallest absolute Gasteiger partial charge is 0.330 e. The van der Waals surface area contributed by atoms with Gasteiger partial charge >= 0.3 is 5.97 Å². The van der Waals surface area contributed by atoms with Gasteiger partial charge < -0.3 is 9.47 Å². The van der Waals surface area contributed by atoms with Crippen LogP contribution in [0.2, 0.25) is 0 Å². The molecule has 1 aliphatic rings. The van der Waals surface area contributed by atoms with Crippen molar-refractivity contribution in [1.29, 1.82) is 0 Å². The van der Waals surface area contributed by atoms with Crippen LogP contribution in [0.3, 0.4) is 0 Å². The average molecular weight is 305 g/mol. The number of carbonyl (C=O) groups is 1. The molecule has 0 aliphatic carbocycles. The Balaban J connectivity index is 1.49. The first-order valence-electron chi connectivity index (χ1n) is 6.39. The van der Waals surface area contributed by atoms with E-state index in [1.807, 2.05) is 5.38 Å². The Hall–Kier alpha value is -2.21. The van der Waals surface area contributed by atoms with Crippen LogP contribution in [0.4, 0.5) is 4.39 Å². The fourth-order valence-corrected chi connectivity index (χ4v) is 2.59. The van der Waals surface area contributed by atoms with Crippen molar-refractivity contribution in [3.63, 3.8) is 0 Å². The third-order valence-electron chi connectivity index (χ3n) is 3.02. The van der Waals surface area contributed by atoms with Crippen LogP contribution in [0.5, 0.6) is 5.75 Å². The lowest BCUT2D eigenvalue weighted by atomic mass is 10.1. The second kappa shape index (κ2) is 6.05. The number of hydrogen-bond donors (Lipinski definition) is 0. The summed E-state index contributed by atoms with van der Waals surface area (Å²) in [5.74, 6) is -0.0922. The van der Waals surface area contributed by atoms with Crippen LogP contribution in [0, 0.1) is 5.82 Å². The molecule has 1 aromatic carbocycles. The van der Waals surface area contributed by atoms with E-state index in [4.69, 9.17) is 9.47 Å². The topological polar surface area (TPSA) is 48.4 Å². The molecule has 1 unspecified atom stereocenters. The van der Waals surface area contributed by atoms with Crippen LogP contribution in [0.15, 0.2) is 35.2 Å². The normalized spacial score (nSPS) is 16.7. The number of carbonyl (C=O) groups excluding carboxylic acids is 1. The fourth-order valence-electron chi connectivity index (χ4n) is 2.06. The largest absolute Gasteiger partial charge is 0.486 e. The molecule has 0 amide bonds. The van der Waals surface area contributed by atoms with Crippen molar-refractivity contribution in [3.8, 4) is 5.75 Å². The molecule has 1 aliphatic heterocycles. The second-order valence-corrected chi connectivity index (χ2v) is 5.29. The van der Waals surface area contributed by atoms with Crippen molar-refractivity contribution in [1.82, 2.24) is 4.98 Å². The van der Waals surface area contributed by atoms with Crippen LogP contribution in [-0.2, 0) is 16.0 Å². The van der Waals surface area contributed by atoms with Crippen LogP contribution in [-0.4, -0.2) is 23.7 Å². The Morgan fingerprint density at radius 1 is 1.57 bits per heavy atom. The van der Waals surface area contributed by atoms with E-state index in [1.165, 1.54) is 29.5 Å². The molecule has 0 saturated carbocycles. The molecule has 6 heteroatoms. The Bertz CT molecular complexity index is 670. The van der Waals surface area contributed by atoms with Gasteiger partial charge in [-0.2, -0.15) is 0 Å². The van der Waals surface area contributed by atoms with Gasteiger partial charge in [0.1, 0.15) is 24.3 Å². The third-order valence-corrected chi connectivity index (χ3v) is 3.62. The van der Waals surface area contributed by atoms with Crippen LogP contribution < -0.4 is 4.74 Å². The Morgan fingerprint density at radius 3 is 3.29 bits per heavy atom. The van der Waals surface area contributed by atoms with Crippen molar-refractivity contribution < 1.29 is 18.7 Å². The van der Waals surface area contributed by atoms with Crippen molar-refractivity contribution in [2.45, 2.75) is 12.5 Å². The van der Waals surface area contributed by atoms with Gasteiger partial charge in [0.25, 0.3) is 0 Å². The van der Waals surface area contributed by atoms with Gasteiger partial charge in [0.15, 0.2) is 0 Å². The minimum atomic E-state index is -0.450. The lowest BCUT2D eigenvalue weighted by Crippen LogP contribution is -2.22. The number of ether oxygens (including phenoxy) is 2. The molecule has 0 fully saturated rings. The van der Waals surface area contributed by atoms with E-state index in [9.17, 15) is 9.18 Å².